The number of hydrogen-bond donors (Lipinski definition) is 0. The van der Waals surface area contributed by atoms with Crippen LogP contribution in [0.4, 0.5) is 17.1 Å². The predicted octanol–water partition coefficient (Wildman–Crippen LogP) is 10.6. The summed E-state index contributed by atoms with van der Waals surface area (Å²) >= 11 is 0. The van der Waals surface area contributed by atoms with E-state index in [1.54, 1.807) is 0 Å². The van der Waals surface area contributed by atoms with Gasteiger partial charge in [0.05, 0.1) is 22.8 Å². The van der Waals surface area contributed by atoms with E-state index in [9.17, 15) is 0 Å². The highest BCUT2D eigenvalue weighted by molar-refractivity contribution is 6.10. The Labute approximate surface area is 262 Å². The average molecular weight is 585 g/mol. The third-order valence-corrected chi connectivity index (χ3v) is 8.64. The number of aromatic nitrogens is 4. The van der Waals surface area contributed by atoms with Crippen LogP contribution in [0.15, 0.2) is 146 Å². The molecule has 0 radical (unpaired) electrons. The number of aryl methyl sites for hydroxylation is 1. The van der Waals surface area contributed by atoms with Crippen molar-refractivity contribution in [2.45, 2.75) is 26.8 Å². The molecule has 0 N–H and O–H groups in total. The Morgan fingerprint density at radius 1 is 0.600 bits per heavy atom. The van der Waals surface area contributed by atoms with E-state index in [0.717, 1.165) is 39.6 Å². The molecule has 8 aromatic rings. The van der Waals surface area contributed by atoms with E-state index >= 15 is 0 Å². The van der Waals surface area contributed by atoms with Gasteiger partial charge in [0.15, 0.2) is 17.4 Å². The Morgan fingerprint density at radius 3 is 2.09 bits per heavy atom. The molecular weight excluding hydrogens is 550 g/mol. The first kappa shape index (κ1) is 26.9. The van der Waals surface area contributed by atoms with E-state index in [1.165, 1.54) is 27.4 Å². The van der Waals surface area contributed by atoms with Gasteiger partial charge in [0.2, 0.25) is 0 Å². The summed E-state index contributed by atoms with van der Waals surface area (Å²) in [5, 5.41) is 2.42. The fraction of sp³-hybridized carbons (Fsp3) is 0.100. The Kier molecular flexibility index (Phi) is 6.45. The smallest absolute Gasteiger partial charge is 0.191 e. The summed E-state index contributed by atoms with van der Waals surface area (Å²) in [6.07, 6.45) is 4.12. The lowest BCUT2D eigenvalue weighted by atomic mass is 10.1. The summed E-state index contributed by atoms with van der Waals surface area (Å²) in [6, 6.07) is 48.0. The van der Waals surface area contributed by atoms with Crippen LogP contribution in [0.3, 0.4) is 0 Å². The molecule has 218 valence electrons. The van der Waals surface area contributed by atoms with E-state index < -0.39 is 0 Å². The van der Waals surface area contributed by atoms with Gasteiger partial charge < -0.3 is 4.90 Å². The van der Waals surface area contributed by atoms with Crippen molar-refractivity contribution >= 4 is 49.9 Å². The first-order valence-corrected chi connectivity index (χ1v) is 15.5. The molecule has 0 aliphatic carbocycles. The highest BCUT2D eigenvalue weighted by atomic mass is 15.2. The maximum absolute atomic E-state index is 4.80. The molecule has 0 amide bonds. The van der Waals surface area contributed by atoms with Crippen molar-refractivity contribution in [3.63, 3.8) is 0 Å². The van der Waals surface area contributed by atoms with Crippen molar-refractivity contribution in [3.05, 3.63) is 152 Å². The van der Waals surface area contributed by atoms with Crippen molar-refractivity contribution in [1.82, 2.24) is 18.7 Å². The van der Waals surface area contributed by atoms with Crippen molar-refractivity contribution in [1.29, 1.82) is 0 Å². The molecule has 3 heterocycles. The lowest BCUT2D eigenvalue weighted by Crippen LogP contribution is -2.10. The maximum atomic E-state index is 4.80. The Morgan fingerprint density at radius 2 is 1.29 bits per heavy atom. The van der Waals surface area contributed by atoms with Gasteiger partial charge in [-0.1, -0.05) is 42.5 Å². The highest BCUT2D eigenvalue weighted by Crippen LogP contribution is 2.40. The molecule has 5 nitrogen and oxygen atoms in total. The van der Waals surface area contributed by atoms with Gasteiger partial charge in [0.25, 0.3) is 0 Å². The van der Waals surface area contributed by atoms with Crippen LogP contribution in [-0.2, 0) is 0 Å². The van der Waals surface area contributed by atoms with Gasteiger partial charge >= 0.3 is 0 Å². The molecule has 0 saturated heterocycles. The average Bonchev–Trinajstić information content (AvgIpc) is 3.62. The van der Waals surface area contributed by atoms with Gasteiger partial charge in [-0.15, -0.1) is 0 Å². The molecule has 45 heavy (non-hydrogen) atoms. The normalized spacial score (nSPS) is 11.6. The van der Waals surface area contributed by atoms with Crippen molar-refractivity contribution in [2.75, 3.05) is 4.90 Å². The quantitative estimate of drug-likeness (QED) is 0.182. The number of para-hydroxylation sites is 4. The molecule has 3 aromatic heterocycles. The van der Waals surface area contributed by atoms with Crippen molar-refractivity contribution < 1.29 is 0 Å². The minimum absolute atomic E-state index is 0.349. The summed E-state index contributed by atoms with van der Waals surface area (Å²) in [7, 11) is 0. The second-order valence-corrected chi connectivity index (χ2v) is 11.9. The third-order valence-electron chi connectivity index (χ3n) is 8.64. The summed E-state index contributed by atoms with van der Waals surface area (Å²) < 4.78 is 6.92. The molecule has 0 bridgehead atoms. The lowest BCUT2D eigenvalue weighted by Gasteiger charge is -2.25. The molecule has 0 fully saturated rings. The molecule has 0 spiro atoms. The Hall–Kier alpha value is -5.68. The first-order chi connectivity index (χ1) is 22.1. The molecule has 0 atom stereocenters. The number of hydrogen-bond acceptors (Lipinski definition) is 2. The number of imidazole rings is 1. The second-order valence-electron chi connectivity index (χ2n) is 11.9. The first-order valence-electron chi connectivity index (χ1n) is 15.5. The number of rotatable bonds is 6. The van der Waals surface area contributed by atoms with Gasteiger partial charge in [-0.2, -0.15) is 4.57 Å². The van der Waals surface area contributed by atoms with Gasteiger partial charge in [-0.25, -0.2) is 9.55 Å². The molecule has 8 rings (SSSR count). The monoisotopic (exact) mass is 584 g/mol. The number of pyridine rings is 1. The Balaban J connectivity index is 1.34. The molecule has 0 aliphatic rings. The predicted molar refractivity (Wildman–Crippen MR) is 188 cm³/mol. The van der Waals surface area contributed by atoms with Crippen LogP contribution >= 0.6 is 0 Å². The summed E-state index contributed by atoms with van der Waals surface area (Å²) in [4.78, 5) is 7.15. The van der Waals surface area contributed by atoms with Crippen LogP contribution in [0, 0.1) is 6.92 Å². The molecule has 0 aliphatic heterocycles. The van der Waals surface area contributed by atoms with E-state index in [4.69, 9.17) is 4.98 Å². The van der Waals surface area contributed by atoms with Crippen LogP contribution in [0.1, 0.15) is 25.5 Å². The van der Waals surface area contributed by atoms with Crippen LogP contribution in [0.2, 0.25) is 0 Å². The molecule has 0 saturated carbocycles. The maximum Gasteiger partial charge on any atom is 0.191 e. The van der Waals surface area contributed by atoms with Crippen molar-refractivity contribution in [2.24, 2.45) is 0 Å². The third kappa shape index (κ3) is 4.56. The number of nitrogens with zero attached hydrogens (tertiary/aromatic N) is 5. The van der Waals surface area contributed by atoms with Crippen LogP contribution in [0.5, 0.6) is 0 Å². The van der Waals surface area contributed by atoms with Crippen molar-refractivity contribution in [3.8, 4) is 11.5 Å². The SMILES string of the molecule is Cc1ccnc(-n2c3ccccc3c3ccc(N(c4ccccc4)c4cccc(-n5[cH+]n(C(C)C)c6ccccc65)c4)cc32)c1. The van der Waals surface area contributed by atoms with E-state index in [-0.39, 0.29) is 0 Å². The molecule has 0 unspecified atom stereocenters. The van der Waals surface area contributed by atoms with Crippen LogP contribution in [-0.4, -0.2) is 18.7 Å². The van der Waals surface area contributed by atoms with Crippen LogP contribution in [0.25, 0.3) is 44.3 Å². The van der Waals surface area contributed by atoms with E-state index in [2.05, 4.69) is 173 Å². The van der Waals surface area contributed by atoms with Gasteiger partial charge in [-0.05, 0) is 93.1 Å². The van der Waals surface area contributed by atoms with E-state index in [0.29, 0.717) is 6.04 Å². The summed E-state index contributed by atoms with van der Waals surface area (Å²) in [5.41, 5.74) is 10.2. The summed E-state index contributed by atoms with van der Waals surface area (Å²) in [5.74, 6) is 0.921. The largest absolute Gasteiger partial charge is 0.309 e. The van der Waals surface area contributed by atoms with Gasteiger partial charge in [0, 0.05) is 52.6 Å². The molecular formula is C40H34N5+. The number of fused-ring (bicyclic) bond motifs is 4. The zero-order chi connectivity index (χ0) is 30.5. The van der Waals surface area contributed by atoms with Gasteiger partial charge in [-0.3, -0.25) is 4.57 Å². The van der Waals surface area contributed by atoms with Gasteiger partial charge in [0.1, 0.15) is 11.5 Å². The highest BCUT2D eigenvalue weighted by Gasteiger charge is 2.21. The number of anilines is 3. The molecule has 5 aromatic carbocycles. The zero-order valence-corrected chi connectivity index (χ0v) is 25.7. The summed E-state index contributed by atoms with van der Waals surface area (Å²) in [6.45, 7) is 6.57. The minimum Gasteiger partial charge on any atom is -0.309 e. The topological polar surface area (TPSA) is 30.9 Å². The standard InChI is InChI=1S/C40H34N5/c1-28(2)42-27-43(38-19-10-9-18-37(38)42)31-14-11-15-32(25-31)44(30-12-5-4-6-13-30)33-20-21-35-34-16-7-8-17-36(34)45(39(35)26-33)40-24-29(3)22-23-41-40/h4-28H,1-3H3/q+1. The lowest BCUT2D eigenvalue weighted by molar-refractivity contribution is 0.612. The van der Waals surface area contributed by atoms with E-state index in [1.807, 2.05) is 12.3 Å². The fourth-order valence-electron chi connectivity index (χ4n) is 6.55. The zero-order valence-electron chi connectivity index (χ0n) is 25.7. The number of benzene rings is 5. The Bertz CT molecular complexity index is 2330. The fourth-order valence-corrected chi connectivity index (χ4v) is 6.55. The van der Waals surface area contributed by atoms with Crippen LogP contribution < -0.4 is 4.90 Å². The minimum atomic E-state index is 0.349. The molecule has 5 heteroatoms. The second kappa shape index (κ2) is 10.8.